The molecule has 2 saturated heterocycles. The summed E-state index contributed by atoms with van der Waals surface area (Å²) in [6.07, 6.45) is 0.822. The van der Waals surface area contributed by atoms with Crippen LogP contribution in [0.1, 0.15) is 59.4 Å². The Morgan fingerprint density at radius 1 is 1.16 bits per heavy atom. The molecule has 3 amide bonds. The van der Waals surface area contributed by atoms with Crippen molar-refractivity contribution in [3.05, 3.63) is 35.9 Å². The second-order valence-corrected chi connectivity index (χ2v) is 11.9. The minimum Gasteiger partial charge on any atom is -0.480 e. The highest BCUT2D eigenvalue weighted by Gasteiger charge is 2.47. The van der Waals surface area contributed by atoms with Crippen LogP contribution in [0.4, 0.5) is 4.79 Å². The molecule has 2 aliphatic rings. The summed E-state index contributed by atoms with van der Waals surface area (Å²) in [5.74, 6) is -0.879. The Hall–Kier alpha value is -2.75. The third-order valence-electron chi connectivity index (χ3n) is 7.25. The zero-order chi connectivity index (χ0) is 27.4. The second-order valence-electron chi connectivity index (χ2n) is 10.9. The topological polar surface area (TPSA) is 116 Å². The second kappa shape index (κ2) is 11.8. The monoisotopic (exact) mass is 533 g/mol. The highest BCUT2D eigenvalue weighted by molar-refractivity contribution is 7.99. The van der Waals surface area contributed by atoms with Crippen molar-refractivity contribution >= 4 is 35.6 Å². The lowest BCUT2D eigenvalue weighted by molar-refractivity contribution is -0.145. The van der Waals surface area contributed by atoms with E-state index in [1.165, 1.54) is 16.7 Å². The Kier molecular flexibility index (Phi) is 9.15. The molecule has 3 rings (SSSR count). The number of carbonyl (C=O) groups is 4. The van der Waals surface area contributed by atoms with Gasteiger partial charge in [0.15, 0.2) is 0 Å². The van der Waals surface area contributed by atoms with Gasteiger partial charge in [-0.3, -0.25) is 14.5 Å². The van der Waals surface area contributed by atoms with Crippen molar-refractivity contribution in [2.24, 2.45) is 5.92 Å². The predicted octanol–water partition coefficient (Wildman–Crippen LogP) is 3.47. The number of carbonyl (C=O) groups excluding carboxylic acids is 3. The first-order valence-electron chi connectivity index (χ1n) is 12.8. The van der Waals surface area contributed by atoms with Gasteiger partial charge in [0.2, 0.25) is 11.8 Å². The number of rotatable bonds is 7. The summed E-state index contributed by atoms with van der Waals surface area (Å²) in [4.78, 5) is 55.0. The smallest absolute Gasteiger partial charge is 0.411 e. The van der Waals surface area contributed by atoms with Gasteiger partial charge in [0.25, 0.3) is 0 Å². The van der Waals surface area contributed by atoms with E-state index >= 15 is 0 Å². The summed E-state index contributed by atoms with van der Waals surface area (Å²) >= 11 is 1.51. The fourth-order valence-electron chi connectivity index (χ4n) is 4.83. The fourth-order valence-corrected chi connectivity index (χ4v) is 5.97. The Morgan fingerprint density at radius 2 is 1.78 bits per heavy atom. The quantitative estimate of drug-likeness (QED) is 0.551. The van der Waals surface area contributed by atoms with Gasteiger partial charge in [-0.15, -0.1) is 11.8 Å². The van der Waals surface area contributed by atoms with Gasteiger partial charge in [0.05, 0.1) is 11.3 Å². The summed E-state index contributed by atoms with van der Waals surface area (Å²) in [6, 6.07) is 7.76. The normalized spacial score (nSPS) is 21.2. The molecule has 2 N–H and O–H groups in total. The molecule has 2 heterocycles. The molecule has 204 valence electrons. The molecule has 2 fully saturated rings. The van der Waals surface area contributed by atoms with Crippen LogP contribution in [0.25, 0.3) is 0 Å². The van der Waals surface area contributed by atoms with Crippen LogP contribution in [0.3, 0.4) is 0 Å². The standard InChI is InChI=1S/C27H39N3O6S/c1-6-18(2)21(23(32)33)28-24(34)27(19-10-8-7-9-11-19)12-14-29(15-13-27)22(31)20-16-37-17-30(20)25(35)36-26(3,4)5/h7-11,18,20-21H,6,12-17H2,1-5H3,(H,28,34)(H,32,33). The number of piperidine rings is 1. The van der Waals surface area contributed by atoms with E-state index in [9.17, 15) is 24.3 Å². The first kappa shape index (κ1) is 28.8. The van der Waals surface area contributed by atoms with E-state index in [1.807, 2.05) is 44.2 Å². The fraction of sp³-hybridized carbons (Fsp3) is 0.630. The number of nitrogens with one attached hydrogen (secondary N) is 1. The van der Waals surface area contributed by atoms with E-state index in [4.69, 9.17) is 4.74 Å². The average molecular weight is 534 g/mol. The van der Waals surface area contributed by atoms with Crippen molar-refractivity contribution in [2.75, 3.05) is 24.7 Å². The maximum absolute atomic E-state index is 13.7. The van der Waals surface area contributed by atoms with E-state index in [0.717, 1.165) is 5.56 Å². The van der Waals surface area contributed by atoms with Crippen molar-refractivity contribution in [1.29, 1.82) is 0 Å². The minimum atomic E-state index is -1.06. The molecule has 1 aromatic rings. The van der Waals surface area contributed by atoms with E-state index in [2.05, 4.69) is 5.32 Å². The maximum atomic E-state index is 13.7. The van der Waals surface area contributed by atoms with Crippen LogP contribution in [-0.4, -0.2) is 81.2 Å². The summed E-state index contributed by atoms with van der Waals surface area (Å²) in [7, 11) is 0. The molecular weight excluding hydrogens is 494 g/mol. The molecule has 9 nitrogen and oxygen atoms in total. The van der Waals surface area contributed by atoms with Gasteiger partial charge in [0, 0.05) is 18.8 Å². The van der Waals surface area contributed by atoms with Gasteiger partial charge in [0.1, 0.15) is 17.7 Å². The summed E-state index contributed by atoms with van der Waals surface area (Å²) in [6.45, 7) is 9.73. The highest BCUT2D eigenvalue weighted by Crippen LogP contribution is 2.37. The number of aliphatic carboxylic acids is 1. The predicted molar refractivity (Wildman–Crippen MR) is 142 cm³/mol. The Morgan fingerprint density at radius 3 is 2.32 bits per heavy atom. The van der Waals surface area contributed by atoms with Crippen LogP contribution in [0, 0.1) is 5.92 Å². The van der Waals surface area contributed by atoms with Crippen molar-refractivity contribution in [3.8, 4) is 0 Å². The van der Waals surface area contributed by atoms with E-state index in [0.29, 0.717) is 44.0 Å². The first-order valence-corrected chi connectivity index (χ1v) is 14.0. The molecule has 0 aliphatic carbocycles. The van der Waals surface area contributed by atoms with Gasteiger partial charge in [-0.05, 0) is 45.1 Å². The molecule has 1 aromatic carbocycles. The van der Waals surface area contributed by atoms with Gasteiger partial charge in [-0.25, -0.2) is 9.59 Å². The molecule has 0 bridgehead atoms. The van der Waals surface area contributed by atoms with Crippen LogP contribution in [0.5, 0.6) is 0 Å². The Balaban J connectivity index is 1.78. The van der Waals surface area contributed by atoms with E-state index < -0.39 is 35.2 Å². The van der Waals surface area contributed by atoms with Crippen molar-refractivity contribution in [3.63, 3.8) is 0 Å². The molecule has 2 aliphatic heterocycles. The summed E-state index contributed by atoms with van der Waals surface area (Å²) < 4.78 is 5.50. The van der Waals surface area contributed by atoms with Gasteiger partial charge >= 0.3 is 12.1 Å². The third kappa shape index (κ3) is 6.58. The number of carboxylic acids is 1. The zero-order valence-corrected chi connectivity index (χ0v) is 23.2. The molecule has 10 heteroatoms. The van der Waals surface area contributed by atoms with Crippen LogP contribution < -0.4 is 5.32 Å². The SMILES string of the molecule is CCC(C)C(NC(=O)C1(c2ccccc2)CCN(C(=O)C2CSCN2C(=O)OC(C)(C)C)CC1)C(=O)O. The zero-order valence-electron chi connectivity index (χ0n) is 22.4. The van der Waals surface area contributed by atoms with Gasteiger partial charge in [-0.2, -0.15) is 0 Å². The number of ether oxygens (including phenoxy) is 1. The lowest BCUT2D eigenvalue weighted by atomic mass is 9.71. The lowest BCUT2D eigenvalue weighted by Gasteiger charge is -2.42. The number of amides is 3. The minimum absolute atomic E-state index is 0.152. The molecule has 0 saturated carbocycles. The van der Waals surface area contributed by atoms with E-state index in [-0.39, 0.29) is 17.7 Å². The number of likely N-dealkylation sites (tertiary alicyclic amines) is 1. The van der Waals surface area contributed by atoms with Gasteiger partial charge in [-0.1, -0.05) is 50.6 Å². The number of hydrogen-bond acceptors (Lipinski definition) is 6. The lowest BCUT2D eigenvalue weighted by Crippen LogP contribution is -2.58. The maximum Gasteiger partial charge on any atom is 0.411 e. The summed E-state index contributed by atoms with van der Waals surface area (Å²) in [5.41, 5.74) is -0.803. The molecular formula is C27H39N3O6S. The molecule has 0 aromatic heterocycles. The highest BCUT2D eigenvalue weighted by atomic mass is 32.2. The molecule has 37 heavy (non-hydrogen) atoms. The van der Waals surface area contributed by atoms with Crippen LogP contribution in [0.15, 0.2) is 30.3 Å². The summed E-state index contributed by atoms with van der Waals surface area (Å²) in [5, 5.41) is 12.5. The van der Waals surface area contributed by atoms with Crippen molar-refractivity contribution < 1.29 is 29.0 Å². The van der Waals surface area contributed by atoms with E-state index in [1.54, 1.807) is 25.7 Å². The first-order chi connectivity index (χ1) is 17.4. The average Bonchev–Trinajstić information content (AvgIpc) is 3.36. The molecule has 0 spiro atoms. The van der Waals surface area contributed by atoms with Gasteiger partial charge < -0.3 is 20.1 Å². The van der Waals surface area contributed by atoms with Crippen LogP contribution in [0.2, 0.25) is 0 Å². The third-order valence-corrected chi connectivity index (χ3v) is 8.26. The number of thioether (sulfide) groups is 1. The van der Waals surface area contributed by atoms with Crippen molar-refractivity contribution in [2.45, 2.75) is 77.0 Å². The number of nitrogens with zero attached hydrogens (tertiary/aromatic N) is 2. The molecule has 3 unspecified atom stereocenters. The number of hydrogen-bond donors (Lipinski definition) is 2. The number of benzene rings is 1. The largest absolute Gasteiger partial charge is 0.480 e. The molecule has 0 radical (unpaired) electrons. The molecule has 3 atom stereocenters. The van der Waals surface area contributed by atoms with Crippen LogP contribution in [-0.2, 0) is 24.5 Å². The Bertz CT molecular complexity index is 988. The number of carboxylic acid groups (broad SMARTS) is 1. The van der Waals surface area contributed by atoms with Crippen molar-refractivity contribution in [1.82, 2.24) is 15.1 Å². The van der Waals surface area contributed by atoms with Crippen LogP contribution >= 0.6 is 11.8 Å². The Labute approximate surface area is 223 Å².